The summed E-state index contributed by atoms with van der Waals surface area (Å²) < 4.78 is 0. The summed E-state index contributed by atoms with van der Waals surface area (Å²) in [5.41, 5.74) is 0. The first-order valence-electron chi connectivity index (χ1n) is 5.69. The zero-order chi connectivity index (χ0) is 10.4. The van der Waals surface area contributed by atoms with E-state index in [2.05, 4.69) is 17.1 Å². The quantitative estimate of drug-likeness (QED) is 0.692. The average molecular weight is 198 g/mol. The van der Waals surface area contributed by atoms with Crippen molar-refractivity contribution in [2.75, 3.05) is 20.1 Å². The first-order chi connectivity index (χ1) is 6.75. The molecule has 14 heavy (non-hydrogen) atoms. The van der Waals surface area contributed by atoms with Crippen molar-refractivity contribution in [2.24, 2.45) is 0 Å². The standard InChI is InChI=1S/C11H22N2O/c1-10-6-3-4-9-13(10)11(14)7-5-8-12-2/h10,12H,3-9H2,1-2H3. The maximum atomic E-state index is 11.8. The van der Waals surface area contributed by atoms with Crippen LogP contribution in [0.15, 0.2) is 0 Å². The summed E-state index contributed by atoms with van der Waals surface area (Å²) in [5.74, 6) is 0.340. The van der Waals surface area contributed by atoms with E-state index >= 15 is 0 Å². The molecule has 0 aromatic heterocycles. The number of nitrogens with one attached hydrogen (secondary N) is 1. The Bertz CT molecular complexity index is 182. The molecule has 0 aromatic rings. The largest absolute Gasteiger partial charge is 0.340 e. The lowest BCUT2D eigenvalue weighted by molar-refractivity contribution is -0.134. The van der Waals surface area contributed by atoms with Crippen LogP contribution in [0, 0.1) is 0 Å². The molecule has 0 aromatic carbocycles. The van der Waals surface area contributed by atoms with Gasteiger partial charge in [0.25, 0.3) is 0 Å². The van der Waals surface area contributed by atoms with Crippen molar-refractivity contribution in [1.29, 1.82) is 0 Å². The van der Waals surface area contributed by atoms with Crippen LogP contribution >= 0.6 is 0 Å². The molecule has 1 saturated heterocycles. The Morgan fingerprint density at radius 1 is 1.50 bits per heavy atom. The zero-order valence-corrected chi connectivity index (χ0v) is 9.38. The molecule has 1 atom stereocenters. The van der Waals surface area contributed by atoms with E-state index in [1.807, 2.05) is 7.05 Å². The predicted molar refractivity (Wildman–Crippen MR) is 58.2 cm³/mol. The van der Waals surface area contributed by atoms with Crippen molar-refractivity contribution >= 4 is 5.91 Å². The van der Waals surface area contributed by atoms with Gasteiger partial charge in [-0.2, -0.15) is 0 Å². The summed E-state index contributed by atoms with van der Waals surface area (Å²) in [6, 6.07) is 0.464. The third-order valence-corrected chi connectivity index (χ3v) is 2.94. The van der Waals surface area contributed by atoms with Crippen LogP contribution in [-0.4, -0.2) is 37.0 Å². The fraction of sp³-hybridized carbons (Fsp3) is 0.909. The lowest BCUT2D eigenvalue weighted by Crippen LogP contribution is -2.42. The minimum atomic E-state index is 0.340. The molecule has 1 heterocycles. The number of hydrogen-bond acceptors (Lipinski definition) is 2. The van der Waals surface area contributed by atoms with Gasteiger partial charge in [-0.05, 0) is 46.2 Å². The molecule has 3 nitrogen and oxygen atoms in total. The lowest BCUT2D eigenvalue weighted by atomic mass is 10.0. The van der Waals surface area contributed by atoms with Crippen LogP contribution in [0.1, 0.15) is 39.0 Å². The van der Waals surface area contributed by atoms with Gasteiger partial charge in [-0.1, -0.05) is 0 Å². The maximum Gasteiger partial charge on any atom is 0.222 e. The summed E-state index contributed by atoms with van der Waals surface area (Å²) >= 11 is 0. The molecule has 0 spiro atoms. The Hall–Kier alpha value is -0.570. The van der Waals surface area contributed by atoms with Gasteiger partial charge in [0.05, 0.1) is 0 Å². The van der Waals surface area contributed by atoms with E-state index in [1.165, 1.54) is 19.3 Å². The van der Waals surface area contributed by atoms with Gasteiger partial charge in [-0.15, -0.1) is 0 Å². The van der Waals surface area contributed by atoms with E-state index in [0.717, 1.165) is 19.5 Å². The second-order valence-electron chi connectivity index (χ2n) is 4.14. The van der Waals surface area contributed by atoms with E-state index in [-0.39, 0.29) is 0 Å². The van der Waals surface area contributed by atoms with E-state index in [4.69, 9.17) is 0 Å². The Morgan fingerprint density at radius 2 is 2.29 bits per heavy atom. The molecule has 82 valence electrons. The van der Waals surface area contributed by atoms with Crippen LogP contribution in [0.3, 0.4) is 0 Å². The molecule has 0 bridgehead atoms. The Morgan fingerprint density at radius 3 is 2.93 bits per heavy atom. The number of rotatable bonds is 4. The highest BCUT2D eigenvalue weighted by molar-refractivity contribution is 5.76. The molecule has 1 amide bonds. The molecule has 1 unspecified atom stereocenters. The molecular formula is C11H22N2O. The van der Waals surface area contributed by atoms with Crippen molar-refractivity contribution in [2.45, 2.75) is 45.1 Å². The topological polar surface area (TPSA) is 32.3 Å². The smallest absolute Gasteiger partial charge is 0.222 e. The fourth-order valence-electron chi connectivity index (χ4n) is 2.03. The van der Waals surface area contributed by atoms with E-state index < -0.39 is 0 Å². The van der Waals surface area contributed by atoms with E-state index in [1.54, 1.807) is 0 Å². The molecular weight excluding hydrogens is 176 g/mol. The first-order valence-corrected chi connectivity index (χ1v) is 5.69. The van der Waals surface area contributed by atoms with Gasteiger partial charge in [0.1, 0.15) is 0 Å². The lowest BCUT2D eigenvalue weighted by Gasteiger charge is -2.33. The number of carbonyl (C=O) groups is 1. The van der Waals surface area contributed by atoms with Gasteiger partial charge >= 0.3 is 0 Å². The third-order valence-electron chi connectivity index (χ3n) is 2.94. The third kappa shape index (κ3) is 3.29. The molecule has 0 radical (unpaired) electrons. The van der Waals surface area contributed by atoms with Crippen LogP contribution in [0.2, 0.25) is 0 Å². The second kappa shape index (κ2) is 6.02. The van der Waals surface area contributed by atoms with Crippen molar-refractivity contribution < 1.29 is 4.79 Å². The van der Waals surface area contributed by atoms with Gasteiger partial charge in [0.15, 0.2) is 0 Å². The molecule has 1 fully saturated rings. The normalized spacial score (nSPS) is 22.4. The molecule has 1 rings (SSSR count). The monoisotopic (exact) mass is 198 g/mol. The number of carbonyl (C=O) groups excluding carboxylic acids is 1. The van der Waals surface area contributed by atoms with Crippen LogP contribution < -0.4 is 5.32 Å². The predicted octanol–water partition coefficient (Wildman–Crippen LogP) is 1.39. The van der Waals surface area contributed by atoms with Crippen molar-refractivity contribution in [3.05, 3.63) is 0 Å². The minimum Gasteiger partial charge on any atom is -0.340 e. The molecule has 0 saturated carbocycles. The summed E-state index contributed by atoms with van der Waals surface area (Å²) in [4.78, 5) is 13.8. The van der Waals surface area contributed by atoms with Gasteiger partial charge in [-0.3, -0.25) is 4.79 Å². The summed E-state index contributed by atoms with van der Waals surface area (Å²) in [6.45, 7) is 4.07. The highest BCUT2D eigenvalue weighted by atomic mass is 16.2. The molecule has 1 N–H and O–H groups in total. The number of likely N-dealkylation sites (tertiary alicyclic amines) is 1. The molecule has 1 aliphatic rings. The zero-order valence-electron chi connectivity index (χ0n) is 9.38. The Kier molecular flexibility index (Phi) is 4.94. The average Bonchev–Trinajstić information content (AvgIpc) is 2.18. The van der Waals surface area contributed by atoms with Crippen LogP contribution in [0.5, 0.6) is 0 Å². The fourth-order valence-corrected chi connectivity index (χ4v) is 2.03. The molecule has 3 heteroatoms. The van der Waals surface area contributed by atoms with Gasteiger partial charge < -0.3 is 10.2 Å². The van der Waals surface area contributed by atoms with Crippen LogP contribution in [0.25, 0.3) is 0 Å². The van der Waals surface area contributed by atoms with Gasteiger partial charge in [0, 0.05) is 19.0 Å². The van der Waals surface area contributed by atoms with Gasteiger partial charge in [-0.25, -0.2) is 0 Å². The van der Waals surface area contributed by atoms with Crippen LogP contribution in [0.4, 0.5) is 0 Å². The van der Waals surface area contributed by atoms with E-state index in [0.29, 0.717) is 18.4 Å². The molecule has 1 aliphatic heterocycles. The van der Waals surface area contributed by atoms with E-state index in [9.17, 15) is 4.79 Å². The Balaban J connectivity index is 2.27. The highest BCUT2D eigenvalue weighted by Crippen LogP contribution is 2.17. The number of hydrogen-bond donors (Lipinski definition) is 1. The molecule has 0 aliphatic carbocycles. The number of amides is 1. The van der Waals surface area contributed by atoms with Gasteiger partial charge in [0.2, 0.25) is 5.91 Å². The second-order valence-corrected chi connectivity index (χ2v) is 4.14. The summed E-state index contributed by atoms with van der Waals surface area (Å²) in [7, 11) is 1.92. The Labute approximate surface area is 86.9 Å². The van der Waals surface area contributed by atoms with Crippen molar-refractivity contribution in [3.63, 3.8) is 0 Å². The highest BCUT2D eigenvalue weighted by Gasteiger charge is 2.22. The number of nitrogens with zero attached hydrogens (tertiary/aromatic N) is 1. The van der Waals surface area contributed by atoms with Crippen LogP contribution in [-0.2, 0) is 4.79 Å². The van der Waals surface area contributed by atoms with Crippen molar-refractivity contribution in [1.82, 2.24) is 10.2 Å². The SMILES string of the molecule is CNCCCC(=O)N1CCCCC1C. The first kappa shape index (κ1) is 11.5. The maximum absolute atomic E-state index is 11.8. The summed E-state index contributed by atoms with van der Waals surface area (Å²) in [6.07, 6.45) is 5.30. The number of piperidine rings is 1. The summed E-state index contributed by atoms with van der Waals surface area (Å²) in [5, 5.41) is 3.07. The van der Waals surface area contributed by atoms with Crippen molar-refractivity contribution in [3.8, 4) is 0 Å². The minimum absolute atomic E-state index is 0.340.